The molecule has 0 heterocycles. The summed E-state index contributed by atoms with van der Waals surface area (Å²) in [5.74, 6) is 0.686. The summed E-state index contributed by atoms with van der Waals surface area (Å²) in [6.07, 6.45) is 0. The molecule has 0 saturated heterocycles. The van der Waals surface area contributed by atoms with E-state index in [1.54, 1.807) is 31.4 Å². The maximum atomic E-state index is 12.8. The molecule has 0 radical (unpaired) electrons. The normalized spacial score (nSPS) is 13.3. The molecule has 0 aliphatic heterocycles. The molecule has 0 bridgehead atoms. The Bertz CT molecular complexity index is 613. The second kappa shape index (κ2) is 5.97. The van der Waals surface area contributed by atoms with Gasteiger partial charge in [-0.1, -0.05) is 0 Å². The van der Waals surface area contributed by atoms with Crippen molar-refractivity contribution >= 4 is 13.2 Å². The number of nitrogens with one attached hydrogen (secondary N) is 1. The lowest BCUT2D eigenvalue weighted by Gasteiger charge is -2.17. The van der Waals surface area contributed by atoms with Crippen molar-refractivity contribution in [2.45, 2.75) is 0 Å². The molecular formula is C14H15FNO3P. The molecule has 2 aromatic carbocycles. The molecule has 0 spiro atoms. The van der Waals surface area contributed by atoms with Gasteiger partial charge in [0, 0.05) is 12.4 Å². The van der Waals surface area contributed by atoms with E-state index in [0.717, 1.165) is 0 Å². The SMILES string of the molecule is COc1ccc(N[P@@](C)(=O)Oc2ccc(F)cc2)cc1. The van der Waals surface area contributed by atoms with E-state index in [9.17, 15) is 8.96 Å². The largest absolute Gasteiger partial charge is 0.497 e. The number of methoxy groups -OCH3 is 1. The van der Waals surface area contributed by atoms with Crippen LogP contribution in [0.15, 0.2) is 48.5 Å². The zero-order chi connectivity index (χ0) is 14.6. The Morgan fingerprint density at radius 3 is 2.10 bits per heavy atom. The Hall–Kier alpha value is -2.00. The molecule has 0 aromatic heterocycles. The summed E-state index contributed by atoms with van der Waals surface area (Å²) >= 11 is 0. The summed E-state index contributed by atoms with van der Waals surface area (Å²) in [5, 5.41) is 2.82. The topological polar surface area (TPSA) is 47.6 Å². The molecule has 20 heavy (non-hydrogen) atoms. The summed E-state index contributed by atoms with van der Waals surface area (Å²) < 4.78 is 35.5. The molecule has 0 aliphatic rings. The van der Waals surface area contributed by atoms with Gasteiger partial charge >= 0.3 is 7.52 Å². The van der Waals surface area contributed by atoms with Crippen molar-refractivity contribution in [2.75, 3.05) is 18.9 Å². The number of benzene rings is 2. The smallest absolute Gasteiger partial charge is 0.338 e. The van der Waals surface area contributed by atoms with Crippen LogP contribution in [0, 0.1) is 5.82 Å². The quantitative estimate of drug-likeness (QED) is 0.842. The van der Waals surface area contributed by atoms with Crippen molar-refractivity contribution in [2.24, 2.45) is 0 Å². The van der Waals surface area contributed by atoms with Crippen molar-refractivity contribution in [3.05, 3.63) is 54.3 Å². The van der Waals surface area contributed by atoms with Crippen LogP contribution in [0.25, 0.3) is 0 Å². The van der Waals surface area contributed by atoms with Crippen molar-refractivity contribution < 1.29 is 18.2 Å². The highest BCUT2D eigenvalue weighted by Gasteiger charge is 2.17. The second-order valence-corrected chi connectivity index (χ2v) is 6.33. The minimum absolute atomic E-state index is 0.346. The third-order valence-corrected chi connectivity index (χ3v) is 3.74. The van der Waals surface area contributed by atoms with Gasteiger partial charge in [-0.25, -0.2) is 4.39 Å². The van der Waals surface area contributed by atoms with Crippen LogP contribution in [0.1, 0.15) is 0 Å². The summed E-state index contributed by atoms with van der Waals surface area (Å²) in [4.78, 5) is 0. The molecule has 2 aromatic rings. The first-order chi connectivity index (χ1) is 9.48. The van der Waals surface area contributed by atoms with E-state index in [1.165, 1.54) is 30.9 Å². The summed E-state index contributed by atoms with van der Waals surface area (Å²) in [5.41, 5.74) is 0.652. The molecule has 0 saturated carbocycles. The average Bonchev–Trinajstić information content (AvgIpc) is 2.41. The molecule has 4 nitrogen and oxygen atoms in total. The van der Waals surface area contributed by atoms with Crippen LogP contribution in [0.2, 0.25) is 0 Å². The minimum atomic E-state index is -3.09. The van der Waals surface area contributed by atoms with Crippen molar-refractivity contribution in [1.82, 2.24) is 0 Å². The molecule has 2 rings (SSSR count). The first kappa shape index (κ1) is 14.4. The first-order valence-corrected chi connectivity index (χ1v) is 8.01. The molecule has 0 aliphatic carbocycles. The highest BCUT2D eigenvalue weighted by Crippen LogP contribution is 2.43. The van der Waals surface area contributed by atoms with Crippen LogP contribution in [0.5, 0.6) is 11.5 Å². The van der Waals surface area contributed by atoms with Gasteiger partial charge < -0.3 is 14.3 Å². The molecule has 0 fully saturated rings. The predicted molar refractivity (Wildman–Crippen MR) is 77.2 cm³/mol. The van der Waals surface area contributed by atoms with E-state index < -0.39 is 7.52 Å². The molecular weight excluding hydrogens is 280 g/mol. The Labute approximate surface area is 117 Å². The predicted octanol–water partition coefficient (Wildman–Crippen LogP) is 4.15. The minimum Gasteiger partial charge on any atom is -0.497 e. The molecule has 106 valence electrons. The van der Waals surface area contributed by atoms with E-state index in [4.69, 9.17) is 9.26 Å². The zero-order valence-corrected chi connectivity index (χ0v) is 12.1. The number of hydrogen-bond acceptors (Lipinski definition) is 3. The number of anilines is 1. The van der Waals surface area contributed by atoms with Crippen LogP contribution in [-0.2, 0) is 4.57 Å². The monoisotopic (exact) mass is 295 g/mol. The maximum absolute atomic E-state index is 12.8. The van der Waals surface area contributed by atoms with Crippen molar-refractivity contribution in [3.8, 4) is 11.5 Å². The van der Waals surface area contributed by atoms with Gasteiger partial charge in [-0.3, -0.25) is 4.57 Å². The molecule has 1 atom stereocenters. The number of hydrogen-bond donors (Lipinski definition) is 1. The molecule has 6 heteroatoms. The van der Waals surface area contributed by atoms with E-state index in [0.29, 0.717) is 17.2 Å². The van der Waals surface area contributed by atoms with E-state index in [1.807, 2.05) is 0 Å². The maximum Gasteiger partial charge on any atom is 0.338 e. The summed E-state index contributed by atoms with van der Waals surface area (Å²) in [6.45, 7) is 1.46. The van der Waals surface area contributed by atoms with E-state index in [2.05, 4.69) is 5.09 Å². The van der Waals surface area contributed by atoms with Gasteiger partial charge in [-0.15, -0.1) is 0 Å². The van der Waals surface area contributed by atoms with Gasteiger partial charge in [-0.05, 0) is 48.5 Å². The van der Waals surface area contributed by atoms with E-state index >= 15 is 0 Å². The molecule has 1 N–H and O–H groups in total. The summed E-state index contributed by atoms with van der Waals surface area (Å²) in [7, 11) is -1.51. The summed E-state index contributed by atoms with van der Waals surface area (Å²) in [6, 6.07) is 12.3. The lowest BCUT2D eigenvalue weighted by molar-refractivity contribution is 0.415. The van der Waals surface area contributed by atoms with Crippen LogP contribution in [0.3, 0.4) is 0 Å². The van der Waals surface area contributed by atoms with Crippen LogP contribution in [-0.4, -0.2) is 13.8 Å². The Morgan fingerprint density at radius 1 is 1.00 bits per heavy atom. The van der Waals surface area contributed by atoms with Crippen LogP contribution >= 0.6 is 7.52 Å². The van der Waals surface area contributed by atoms with Gasteiger partial charge in [-0.2, -0.15) is 0 Å². The standard InChI is InChI=1S/C14H15FNO3P/c1-18-13-9-5-12(6-10-13)16-20(2,17)19-14-7-3-11(15)4-8-14/h3-10H,1-2H3,(H,16,17)/t20-/m0/s1. The van der Waals surface area contributed by atoms with Crippen molar-refractivity contribution in [1.29, 1.82) is 0 Å². The first-order valence-electron chi connectivity index (χ1n) is 5.93. The molecule has 0 amide bonds. The second-order valence-electron chi connectivity index (χ2n) is 4.23. The third kappa shape index (κ3) is 4.00. The zero-order valence-electron chi connectivity index (χ0n) is 11.2. The van der Waals surface area contributed by atoms with Gasteiger partial charge in [0.2, 0.25) is 0 Å². The fraction of sp³-hybridized carbons (Fsp3) is 0.143. The average molecular weight is 295 g/mol. The van der Waals surface area contributed by atoms with Gasteiger partial charge in [0.15, 0.2) is 0 Å². The number of ether oxygens (including phenoxy) is 1. The lowest BCUT2D eigenvalue weighted by Crippen LogP contribution is -2.02. The van der Waals surface area contributed by atoms with Crippen molar-refractivity contribution in [3.63, 3.8) is 0 Å². The number of rotatable bonds is 5. The Kier molecular flexibility index (Phi) is 4.30. The Morgan fingerprint density at radius 2 is 1.55 bits per heavy atom. The van der Waals surface area contributed by atoms with Gasteiger partial charge in [0.05, 0.1) is 7.11 Å². The third-order valence-electron chi connectivity index (χ3n) is 2.52. The van der Waals surface area contributed by atoms with Gasteiger partial charge in [0.25, 0.3) is 0 Å². The van der Waals surface area contributed by atoms with Crippen LogP contribution in [0.4, 0.5) is 10.1 Å². The Balaban J connectivity index is 2.06. The fourth-order valence-electron chi connectivity index (χ4n) is 1.62. The highest BCUT2D eigenvalue weighted by molar-refractivity contribution is 7.60. The lowest BCUT2D eigenvalue weighted by atomic mass is 10.3. The van der Waals surface area contributed by atoms with E-state index in [-0.39, 0.29) is 5.82 Å². The number of halogens is 1. The fourth-order valence-corrected chi connectivity index (χ4v) is 2.81. The van der Waals surface area contributed by atoms with Gasteiger partial charge in [0.1, 0.15) is 17.3 Å². The van der Waals surface area contributed by atoms with Crippen LogP contribution < -0.4 is 14.3 Å². The molecule has 0 unspecified atom stereocenters. The highest BCUT2D eigenvalue weighted by atomic mass is 31.2.